The Bertz CT molecular complexity index is 982. The Hall–Kier alpha value is -1.98. The van der Waals surface area contributed by atoms with E-state index in [4.69, 9.17) is 14.7 Å². The Balaban J connectivity index is 1.66. The molecule has 1 aromatic carbocycles. The summed E-state index contributed by atoms with van der Waals surface area (Å²) in [6, 6.07) is 8.27. The summed E-state index contributed by atoms with van der Waals surface area (Å²) in [4.78, 5) is 26.9. The molecule has 1 aromatic heterocycles. The van der Waals surface area contributed by atoms with Gasteiger partial charge in [-0.25, -0.2) is 14.8 Å². The molecule has 8 nitrogen and oxygen atoms in total. The van der Waals surface area contributed by atoms with Gasteiger partial charge in [0.1, 0.15) is 5.82 Å². The van der Waals surface area contributed by atoms with Crippen molar-refractivity contribution in [2.24, 2.45) is 0 Å². The maximum atomic E-state index is 12.0. The third kappa shape index (κ3) is 5.75. The van der Waals surface area contributed by atoms with Crippen molar-refractivity contribution >= 4 is 40.1 Å². The Morgan fingerprint density at radius 3 is 2.61 bits per heavy atom. The zero-order valence-electron chi connectivity index (χ0n) is 19.8. The molecule has 2 atom stereocenters. The molecule has 33 heavy (non-hydrogen) atoms. The number of ether oxygens (including phenoxy) is 1. The highest BCUT2D eigenvalue weighted by Crippen LogP contribution is 2.32. The first kappa shape index (κ1) is 24.2. The van der Waals surface area contributed by atoms with E-state index in [9.17, 15) is 4.79 Å². The van der Waals surface area contributed by atoms with E-state index in [2.05, 4.69) is 63.8 Å². The summed E-state index contributed by atoms with van der Waals surface area (Å²) >= 11 is 2.15. The summed E-state index contributed by atoms with van der Waals surface area (Å²) in [7, 11) is 0. The van der Waals surface area contributed by atoms with Crippen molar-refractivity contribution in [2.75, 3.05) is 36.5 Å². The molecule has 1 fully saturated rings. The largest absolute Gasteiger partial charge is 0.377 e. The van der Waals surface area contributed by atoms with Crippen LogP contribution in [0.1, 0.15) is 39.0 Å². The standard InChI is InChI=1S/C24H33IN6O2/c1-15(2)30-10-9-20-21(13-30)28-22(29-23(20)31-11-12-33-14-16(31)3)18-5-7-19(8-6-18)27-24(32)26-17(4)25/h5-8,15-17H,9-14H2,1-4H3,(H2,26,27,32). The predicted octanol–water partition coefficient (Wildman–Crippen LogP) is 4.04. The molecule has 0 aliphatic carbocycles. The first-order chi connectivity index (χ1) is 15.8. The second-order valence-electron chi connectivity index (χ2n) is 9.02. The fourth-order valence-corrected chi connectivity index (χ4v) is 4.61. The molecule has 2 unspecified atom stereocenters. The van der Waals surface area contributed by atoms with Gasteiger partial charge in [0, 0.05) is 42.5 Å². The quantitative estimate of drug-likeness (QED) is 0.324. The molecule has 0 spiro atoms. The zero-order chi connectivity index (χ0) is 23.5. The van der Waals surface area contributed by atoms with E-state index in [1.54, 1.807) is 0 Å². The van der Waals surface area contributed by atoms with E-state index in [-0.39, 0.29) is 16.1 Å². The van der Waals surface area contributed by atoms with Crippen LogP contribution in [0.2, 0.25) is 0 Å². The number of nitrogens with one attached hydrogen (secondary N) is 2. The number of carbonyl (C=O) groups is 1. The molecule has 0 bridgehead atoms. The highest BCUT2D eigenvalue weighted by atomic mass is 127. The molecule has 178 valence electrons. The Morgan fingerprint density at radius 1 is 1.18 bits per heavy atom. The Kier molecular flexibility index (Phi) is 7.70. The lowest BCUT2D eigenvalue weighted by Gasteiger charge is -2.38. The number of morpholine rings is 1. The number of benzene rings is 1. The minimum Gasteiger partial charge on any atom is -0.377 e. The number of amides is 2. The van der Waals surface area contributed by atoms with Crippen molar-refractivity contribution in [3.8, 4) is 11.4 Å². The molecule has 0 radical (unpaired) electrons. The lowest BCUT2D eigenvalue weighted by atomic mass is 10.0. The van der Waals surface area contributed by atoms with E-state index in [0.29, 0.717) is 12.6 Å². The minimum atomic E-state index is -0.216. The summed E-state index contributed by atoms with van der Waals surface area (Å²) in [5, 5.41) is 5.69. The monoisotopic (exact) mass is 564 g/mol. The number of carbonyl (C=O) groups excluding carboxylic acids is 1. The summed E-state index contributed by atoms with van der Waals surface area (Å²) in [6.45, 7) is 12.7. The first-order valence-electron chi connectivity index (χ1n) is 11.6. The highest BCUT2D eigenvalue weighted by molar-refractivity contribution is 14.1. The number of halogens is 1. The van der Waals surface area contributed by atoms with Crippen molar-refractivity contribution < 1.29 is 9.53 Å². The van der Waals surface area contributed by atoms with E-state index < -0.39 is 0 Å². The Morgan fingerprint density at radius 2 is 1.94 bits per heavy atom. The highest BCUT2D eigenvalue weighted by Gasteiger charge is 2.29. The maximum Gasteiger partial charge on any atom is 0.320 e. The molecule has 2 amide bonds. The number of aromatic nitrogens is 2. The van der Waals surface area contributed by atoms with Crippen molar-refractivity contribution in [2.45, 2.75) is 56.8 Å². The number of hydrogen-bond acceptors (Lipinski definition) is 6. The van der Waals surface area contributed by atoms with Gasteiger partial charge in [-0.3, -0.25) is 4.90 Å². The van der Waals surface area contributed by atoms with Crippen molar-refractivity contribution in [1.29, 1.82) is 0 Å². The number of nitrogens with zero attached hydrogens (tertiary/aromatic N) is 4. The van der Waals surface area contributed by atoms with Crippen LogP contribution in [0.15, 0.2) is 24.3 Å². The van der Waals surface area contributed by atoms with E-state index in [1.165, 1.54) is 5.56 Å². The van der Waals surface area contributed by atoms with Gasteiger partial charge in [0.15, 0.2) is 5.82 Å². The fourth-order valence-electron chi connectivity index (χ4n) is 4.33. The molecule has 2 N–H and O–H groups in total. The summed E-state index contributed by atoms with van der Waals surface area (Å²) in [6.07, 6.45) is 0.959. The van der Waals surface area contributed by atoms with Crippen LogP contribution < -0.4 is 15.5 Å². The zero-order valence-corrected chi connectivity index (χ0v) is 21.9. The van der Waals surface area contributed by atoms with Crippen LogP contribution in [0.4, 0.5) is 16.3 Å². The molecular formula is C24H33IN6O2. The summed E-state index contributed by atoms with van der Waals surface area (Å²) in [5.41, 5.74) is 4.06. The Labute approximate surface area is 209 Å². The van der Waals surface area contributed by atoms with Crippen LogP contribution in [0, 0.1) is 0 Å². The number of fused-ring (bicyclic) bond motifs is 1. The van der Waals surface area contributed by atoms with Gasteiger partial charge in [0.25, 0.3) is 0 Å². The van der Waals surface area contributed by atoms with Gasteiger partial charge in [0.2, 0.25) is 0 Å². The van der Waals surface area contributed by atoms with Gasteiger partial charge in [-0.1, -0.05) is 22.6 Å². The van der Waals surface area contributed by atoms with E-state index in [1.807, 2.05) is 31.2 Å². The normalized spacial score (nSPS) is 19.8. The van der Waals surface area contributed by atoms with Gasteiger partial charge < -0.3 is 20.3 Å². The lowest BCUT2D eigenvalue weighted by Crippen LogP contribution is -2.45. The maximum absolute atomic E-state index is 12.0. The number of anilines is 2. The average molecular weight is 564 g/mol. The molecular weight excluding hydrogens is 531 g/mol. The van der Waals surface area contributed by atoms with E-state index >= 15 is 0 Å². The second kappa shape index (κ2) is 10.5. The smallest absolute Gasteiger partial charge is 0.320 e. The first-order valence-corrected chi connectivity index (χ1v) is 12.9. The van der Waals surface area contributed by atoms with Gasteiger partial charge in [0.05, 0.1) is 29.0 Å². The van der Waals surface area contributed by atoms with Gasteiger partial charge in [-0.05, 0) is 58.4 Å². The van der Waals surface area contributed by atoms with Gasteiger partial charge in [-0.15, -0.1) is 0 Å². The van der Waals surface area contributed by atoms with Crippen molar-refractivity contribution in [1.82, 2.24) is 20.2 Å². The van der Waals surface area contributed by atoms with Crippen LogP contribution >= 0.6 is 22.6 Å². The third-order valence-electron chi connectivity index (χ3n) is 6.17. The number of hydrogen-bond donors (Lipinski definition) is 2. The van der Waals surface area contributed by atoms with Crippen LogP contribution in [0.3, 0.4) is 0 Å². The summed E-state index contributed by atoms with van der Waals surface area (Å²) in [5.74, 6) is 1.77. The molecule has 2 aromatic rings. The fraction of sp³-hybridized carbons (Fsp3) is 0.542. The molecule has 1 saturated heterocycles. The van der Waals surface area contributed by atoms with Gasteiger partial charge in [-0.2, -0.15) is 0 Å². The molecule has 2 aliphatic rings. The molecule has 9 heteroatoms. The van der Waals surface area contributed by atoms with Crippen LogP contribution in [-0.2, 0) is 17.7 Å². The third-order valence-corrected chi connectivity index (χ3v) is 6.49. The topological polar surface area (TPSA) is 82.6 Å². The number of urea groups is 1. The SMILES string of the molecule is CC(I)NC(=O)Nc1ccc(-c2nc3c(c(N4CCOCC4C)n2)CCN(C(C)C)C3)cc1. The van der Waals surface area contributed by atoms with Crippen LogP contribution in [0.5, 0.6) is 0 Å². The number of alkyl halides is 1. The van der Waals surface area contributed by atoms with Gasteiger partial charge >= 0.3 is 6.03 Å². The van der Waals surface area contributed by atoms with Crippen LogP contribution in [-0.4, -0.2) is 63.3 Å². The molecule has 3 heterocycles. The van der Waals surface area contributed by atoms with E-state index in [0.717, 1.165) is 61.2 Å². The predicted molar refractivity (Wildman–Crippen MR) is 140 cm³/mol. The van der Waals surface area contributed by atoms with Crippen molar-refractivity contribution in [3.63, 3.8) is 0 Å². The second-order valence-corrected chi connectivity index (χ2v) is 10.9. The average Bonchev–Trinajstić information content (AvgIpc) is 2.78. The summed E-state index contributed by atoms with van der Waals surface area (Å²) < 4.78 is 5.73. The number of rotatable bonds is 5. The molecule has 2 aliphatic heterocycles. The minimum absolute atomic E-state index is 0.0529. The molecule has 4 rings (SSSR count). The van der Waals surface area contributed by atoms with Crippen LogP contribution in [0.25, 0.3) is 11.4 Å². The lowest BCUT2D eigenvalue weighted by molar-refractivity contribution is 0.0983. The van der Waals surface area contributed by atoms with Crippen molar-refractivity contribution in [3.05, 3.63) is 35.5 Å². The molecule has 0 saturated carbocycles.